The van der Waals surface area contributed by atoms with Gasteiger partial charge in [-0.2, -0.15) is 0 Å². The van der Waals surface area contributed by atoms with Gasteiger partial charge in [-0.3, -0.25) is 4.79 Å². The van der Waals surface area contributed by atoms with E-state index < -0.39 is 24.7 Å². The smallest absolute Gasteiger partial charge is 0.452 e. The van der Waals surface area contributed by atoms with Gasteiger partial charge >= 0.3 is 12.3 Å². The number of halogens is 3. The number of hydrogen-bond donors (Lipinski definition) is 1. The average molecular weight is 425 g/mol. The van der Waals surface area contributed by atoms with Crippen LogP contribution in [-0.2, 0) is 9.53 Å². The maximum absolute atomic E-state index is 12.4. The van der Waals surface area contributed by atoms with Gasteiger partial charge < -0.3 is 14.8 Å². The molecule has 1 aromatic rings. The summed E-state index contributed by atoms with van der Waals surface area (Å²) in [4.78, 5) is 24.4. The van der Waals surface area contributed by atoms with E-state index >= 15 is 0 Å². The zero-order chi connectivity index (χ0) is 21.5. The minimum atomic E-state index is -4.80. The van der Waals surface area contributed by atoms with Crippen LogP contribution in [0.2, 0.25) is 0 Å². The molecular formula is C22H26F3NO4. The van der Waals surface area contributed by atoms with E-state index in [2.05, 4.69) is 10.1 Å². The molecule has 1 amide bonds. The number of hydrogen-bond acceptors (Lipinski definition) is 4. The van der Waals surface area contributed by atoms with Crippen molar-refractivity contribution in [2.75, 3.05) is 6.61 Å². The number of alkyl halides is 3. The largest absolute Gasteiger partial charge is 0.573 e. The van der Waals surface area contributed by atoms with Crippen molar-refractivity contribution in [2.45, 2.75) is 57.9 Å². The Bertz CT molecular complexity index is 770. The van der Waals surface area contributed by atoms with Crippen LogP contribution in [0.25, 0.3) is 0 Å². The normalized spacial score (nSPS) is 30.6. The molecule has 1 atom stereocenters. The summed E-state index contributed by atoms with van der Waals surface area (Å²) in [6, 6.07) is 4.41. The van der Waals surface area contributed by atoms with Crippen molar-refractivity contribution in [3.8, 4) is 5.75 Å². The number of benzene rings is 1. The number of rotatable bonds is 6. The molecule has 8 heteroatoms. The average Bonchev–Trinajstić information content (AvgIpc) is 2.64. The first-order valence-corrected chi connectivity index (χ1v) is 10.4. The Balaban J connectivity index is 1.27. The molecule has 0 radical (unpaired) electrons. The van der Waals surface area contributed by atoms with Crippen LogP contribution in [0.1, 0.15) is 55.8 Å². The van der Waals surface area contributed by atoms with E-state index in [1.165, 1.54) is 31.4 Å². The number of amides is 1. The third-order valence-electron chi connectivity index (χ3n) is 7.04. The van der Waals surface area contributed by atoms with Gasteiger partial charge in [-0.1, -0.05) is 0 Å². The predicted molar refractivity (Wildman–Crippen MR) is 102 cm³/mol. The maximum atomic E-state index is 12.4. The Kier molecular flexibility index (Phi) is 5.45. The first kappa shape index (κ1) is 21.0. The first-order chi connectivity index (χ1) is 14.1. The summed E-state index contributed by atoms with van der Waals surface area (Å²) in [6.45, 7) is 1.63. The highest BCUT2D eigenvalue weighted by Gasteiger charge is 2.53. The molecule has 0 heterocycles. The van der Waals surface area contributed by atoms with Gasteiger partial charge in [0.25, 0.3) is 5.91 Å². The van der Waals surface area contributed by atoms with Gasteiger partial charge in [-0.05, 0) is 92.9 Å². The molecule has 4 bridgehead atoms. The molecule has 0 saturated heterocycles. The summed E-state index contributed by atoms with van der Waals surface area (Å²) in [5.41, 5.74) is 0.203. The van der Waals surface area contributed by atoms with Crippen LogP contribution < -0.4 is 10.1 Å². The second-order valence-electron chi connectivity index (χ2n) is 9.22. The molecule has 4 saturated carbocycles. The molecule has 5 rings (SSSR count). The zero-order valence-electron chi connectivity index (χ0n) is 16.8. The third kappa shape index (κ3) is 4.57. The fraction of sp³-hybridized carbons (Fsp3) is 0.636. The summed E-state index contributed by atoms with van der Waals surface area (Å²) in [6.07, 6.45) is 2.65. The van der Waals surface area contributed by atoms with Gasteiger partial charge in [-0.15, -0.1) is 13.2 Å². The lowest BCUT2D eigenvalue weighted by atomic mass is 9.48. The van der Waals surface area contributed by atoms with Gasteiger partial charge in [0.15, 0.2) is 6.61 Å². The summed E-state index contributed by atoms with van der Waals surface area (Å²) in [7, 11) is 0. The molecular weight excluding hydrogens is 399 g/mol. The molecule has 0 aliphatic heterocycles. The van der Waals surface area contributed by atoms with Crippen molar-refractivity contribution in [1.82, 2.24) is 5.32 Å². The Hall–Kier alpha value is -2.25. The van der Waals surface area contributed by atoms with Gasteiger partial charge in [0.1, 0.15) is 5.75 Å². The SMILES string of the molecule is C[C@@H](NC(=O)COC(=O)c1ccc(OC(F)(F)F)cc1)C12CC3CC(CC(C3)C1)C2. The van der Waals surface area contributed by atoms with E-state index in [1.54, 1.807) is 0 Å². The summed E-state index contributed by atoms with van der Waals surface area (Å²) in [5, 5.41) is 3.02. The summed E-state index contributed by atoms with van der Waals surface area (Å²) < 4.78 is 45.4. The lowest BCUT2D eigenvalue weighted by molar-refractivity contribution is -0.274. The second-order valence-corrected chi connectivity index (χ2v) is 9.22. The van der Waals surface area contributed by atoms with E-state index in [0.29, 0.717) is 0 Å². The van der Waals surface area contributed by atoms with E-state index in [-0.39, 0.29) is 22.9 Å². The van der Waals surface area contributed by atoms with Gasteiger partial charge in [0.05, 0.1) is 5.56 Å². The van der Waals surface area contributed by atoms with Crippen LogP contribution in [0.3, 0.4) is 0 Å². The van der Waals surface area contributed by atoms with Crippen molar-refractivity contribution in [3.05, 3.63) is 29.8 Å². The number of nitrogens with one attached hydrogen (secondary N) is 1. The van der Waals surface area contributed by atoms with Crippen molar-refractivity contribution in [3.63, 3.8) is 0 Å². The molecule has 4 aliphatic carbocycles. The number of carbonyl (C=O) groups is 2. The van der Waals surface area contributed by atoms with Crippen molar-refractivity contribution >= 4 is 11.9 Å². The highest BCUT2D eigenvalue weighted by atomic mass is 19.4. The van der Waals surface area contributed by atoms with Gasteiger partial charge in [0, 0.05) is 6.04 Å². The predicted octanol–water partition coefficient (Wildman–Crippen LogP) is 4.46. The molecule has 0 aromatic heterocycles. The van der Waals surface area contributed by atoms with Crippen LogP contribution >= 0.6 is 0 Å². The monoisotopic (exact) mass is 425 g/mol. The fourth-order valence-electron chi connectivity index (χ4n) is 6.15. The number of ether oxygens (including phenoxy) is 2. The Morgan fingerprint density at radius 3 is 2.10 bits per heavy atom. The quantitative estimate of drug-likeness (QED) is 0.684. The zero-order valence-corrected chi connectivity index (χ0v) is 16.8. The van der Waals surface area contributed by atoms with E-state index in [4.69, 9.17) is 4.74 Å². The van der Waals surface area contributed by atoms with E-state index in [0.717, 1.165) is 49.1 Å². The van der Waals surface area contributed by atoms with E-state index in [9.17, 15) is 22.8 Å². The van der Waals surface area contributed by atoms with Crippen LogP contribution in [0, 0.1) is 23.2 Å². The minimum absolute atomic E-state index is 0.0240. The van der Waals surface area contributed by atoms with Crippen LogP contribution in [0.5, 0.6) is 5.75 Å². The highest BCUT2D eigenvalue weighted by Crippen LogP contribution is 2.61. The summed E-state index contributed by atoms with van der Waals surface area (Å²) in [5.74, 6) is 0.768. The van der Waals surface area contributed by atoms with Crippen molar-refractivity contribution in [1.29, 1.82) is 0 Å². The van der Waals surface area contributed by atoms with Crippen LogP contribution in [-0.4, -0.2) is 30.9 Å². The van der Waals surface area contributed by atoms with Gasteiger partial charge in [0.2, 0.25) is 0 Å². The Morgan fingerprint density at radius 1 is 1.07 bits per heavy atom. The third-order valence-corrected chi connectivity index (χ3v) is 7.04. The number of esters is 1. The van der Waals surface area contributed by atoms with Crippen LogP contribution in [0.4, 0.5) is 13.2 Å². The molecule has 1 N–H and O–H groups in total. The molecule has 4 aliphatic rings. The highest BCUT2D eigenvalue weighted by molar-refractivity contribution is 5.91. The molecule has 0 unspecified atom stereocenters. The van der Waals surface area contributed by atoms with Crippen LogP contribution in [0.15, 0.2) is 24.3 Å². The Labute approximate surface area is 173 Å². The molecule has 1 aromatic carbocycles. The van der Waals surface area contributed by atoms with E-state index in [1.807, 2.05) is 6.92 Å². The minimum Gasteiger partial charge on any atom is -0.452 e. The first-order valence-electron chi connectivity index (χ1n) is 10.4. The molecule has 0 spiro atoms. The van der Waals surface area contributed by atoms with Crippen molar-refractivity contribution < 1.29 is 32.2 Å². The standard InChI is InChI=1S/C22H26F3NO4/c1-13(21-9-14-6-15(10-21)8-16(7-14)11-21)26-19(27)12-29-20(28)17-2-4-18(5-3-17)30-22(23,24)25/h2-5,13-16H,6-12H2,1H3,(H,26,27)/t13-,14?,15?,16?,21?/m1/s1. The molecule has 5 nitrogen and oxygen atoms in total. The molecule has 4 fully saturated rings. The lowest BCUT2D eigenvalue weighted by Gasteiger charge is -2.59. The van der Waals surface area contributed by atoms with Crippen molar-refractivity contribution in [2.24, 2.45) is 23.2 Å². The van der Waals surface area contributed by atoms with Gasteiger partial charge in [-0.25, -0.2) is 4.79 Å². The lowest BCUT2D eigenvalue weighted by Crippen LogP contribution is -2.56. The Morgan fingerprint density at radius 2 is 1.60 bits per heavy atom. The molecule has 30 heavy (non-hydrogen) atoms. The summed E-state index contributed by atoms with van der Waals surface area (Å²) >= 11 is 0. The molecule has 164 valence electrons. The second kappa shape index (κ2) is 7.78. The topological polar surface area (TPSA) is 64.6 Å². The fourth-order valence-corrected chi connectivity index (χ4v) is 6.15. The maximum Gasteiger partial charge on any atom is 0.573 e. The number of carbonyl (C=O) groups excluding carboxylic acids is 2.